The minimum absolute atomic E-state index is 0.0236. The summed E-state index contributed by atoms with van der Waals surface area (Å²) in [5.74, 6) is -0.595. The van der Waals surface area contributed by atoms with Gasteiger partial charge in [0.2, 0.25) is 0 Å². The van der Waals surface area contributed by atoms with Crippen molar-refractivity contribution >= 4 is 34.3 Å². The molecular formula is C18H13ClF3NO4S. The molecule has 0 atom stereocenters. The Bertz CT molecular complexity index is 1100. The number of halogens is 4. The zero-order valence-corrected chi connectivity index (χ0v) is 15.5. The number of phenols is 1. The highest BCUT2D eigenvalue weighted by Gasteiger charge is 2.31. The third-order valence-electron chi connectivity index (χ3n) is 3.90. The summed E-state index contributed by atoms with van der Waals surface area (Å²) in [7, 11) is 0. The average molecular weight is 432 g/mol. The molecule has 3 rings (SSSR count). The van der Waals surface area contributed by atoms with Gasteiger partial charge in [-0.25, -0.2) is 0 Å². The van der Waals surface area contributed by atoms with Crippen molar-refractivity contribution in [2.45, 2.75) is 17.4 Å². The largest absolute Gasteiger partial charge is 0.507 e. The molecule has 4 N–H and O–H groups in total. The zero-order valence-electron chi connectivity index (χ0n) is 13.9. The number of hydrogen-bond donors (Lipinski definition) is 4. The first-order valence-corrected chi connectivity index (χ1v) is 9.19. The SMILES string of the molecule is O=c1[nH]c2ccc(C(F)(F)F)cc2c(-c2cc(Cl)ccc2O)c1SCC(O)O. The van der Waals surface area contributed by atoms with E-state index in [9.17, 15) is 23.1 Å². The lowest BCUT2D eigenvalue weighted by Gasteiger charge is -2.16. The summed E-state index contributed by atoms with van der Waals surface area (Å²) in [6.45, 7) is 0. The topological polar surface area (TPSA) is 93.6 Å². The van der Waals surface area contributed by atoms with Crippen LogP contribution in [0.2, 0.25) is 5.02 Å². The van der Waals surface area contributed by atoms with E-state index in [0.717, 1.165) is 30.0 Å². The first kappa shape index (κ1) is 20.5. The minimum atomic E-state index is -4.62. The fourth-order valence-corrected chi connectivity index (χ4v) is 3.76. The number of benzene rings is 2. The van der Waals surface area contributed by atoms with Gasteiger partial charge in [-0.1, -0.05) is 11.6 Å². The lowest BCUT2D eigenvalue weighted by molar-refractivity contribution is -0.137. The molecule has 5 nitrogen and oxygen atoms in total. The molecule has 0 radical (unpaired) electrons. The number of fused-ring (bicyclic) bond motifs is 1. The standard InChI is InChI=1S/C18H13ClF3NO4S/c19-9-2-4-13(24)11(6-9)15-10-5-8(18(20,21)22)1-3-12(10)23-17(27)16(15)28-7-14(25)26/h1-6,14,24-26H,7H2,(H,23,27). The summed E-state index contributed by atoms with van der Waals surface area (Å²) in [6.07, 6.45) is -6.37. The highest BCUT2D eigenvalue weighted by molar-refractivity contribution is 7.99. The van der Waals surface area contributed by atoms with Crippen LogP contribution >= 0.6 is 23.4 Å². The average Bonchev–Trinajstić information content (AvgIpc) is 2.60. The maximum Gasteiger partial charge on any atom is 0.416 e. The van der Waals surface area contributed by atoms with Crippen LogP contribution in [0.25, 0.3) is 22.0 Å². The van der Waals surface area contributed by atoms with Gasteiger partial charge >= 0.3 is 6.18 Å². The molecule has 0 amide bonds. The van der Waals surface area contributed by atoms with Crippen molar-refractivity contribution < 1.29 is 28.5 Å². The zero-order chi connectivity index (χ0) is 20.6. The number of pyridine rings is 1. The lowest BCUT2D eigenvalue weighted by Crippen LogP contribution is -2.14. The summed E-state index contributed by atoms with van der Waals surface area (Å²) in [5, 5.41) is 28.8. The number of H-pyrrole nitrogens is 1. The highest BCUT2D eigenvalue weighted by Crippen LogP contribution is 2.42. The molecule has 10 heteroatoms. The van der Waals surface area contributed by atoms with E-state index in [2.05, 4.69) is 4.98 Å². The van der Waals surface area contributed by atoms with E-state index < -0.39 is 23.6 Å². The van der Waals surface area contributed by atoms with Crippen LogP contribution in [0.1, 0.15) is 5.56 Å². The third-order valence-corrected chi connectivity index (χ3v) is 5.28. The van der Waals surface area contributed by atoms with Crippen LogP contribution in [0.15, 0.2) is 46.1 Å². The Hall–Kier alpha value is -2.20. The lowest BCUT2D eigenvalue weighted by atomic mass is 9.98. The molecule has 0 fully saturated rings. The normalized spacial score (nSPS) is 12.1. The number of aromatic amines is 1. The van der Waals surface area contributed by atoms with Crippen LogP contribution in [0.3, 0.4) is 0 Å². The molecule has 1 aromatic heterocycles. The Morgan fingerprint density at radius 3 is 2.50 bits per heavy atom. The maximum absolute atomic E-state index is 13.2. The summed E-state index contributed by atoms with van der Waals surface area (Å²) in [4.78, 5) is 15.0. The van der Waals surface area contributed by atoms with Gasteiger partial charge in [0.1, 0.15) is 5.75 Å². The van der Waals surface area contributed by atoms with Crippen molar-refractivity contribution in [1.29, 1.82) is 0 Å². The first-order valence-electron chi connectivity index (χ1n) is 7.83. The van der Waals surface area contributed by atoms with Crippen molar-refractivity contribution in [1.82, 2.24) is 4.98 Å². The third kappa shape index (κ3) is 4.12. The molecule has 0 saturated carbocycles. The van der Waals surface area contributed by atoms with E-state index in [1.807, 2.05) is 0 Å². The molecule has 0 bridgehead atoms. The highest BCUT2D eigenvalue weighted by atomic mass is 35.5. The van der Waals surface area contributed by atoms with Crippen LogP contribution < -0.4 is 5.56 Å². The first-order chi connectivity index (χ1) is 13.1. The second-order valence-electron chi connectivity index (χ2n) is 5.87. The Labute approximate surface area is 165 Å². The van der Waals surface area contributed by atoms with E-state index in [0.29, 0.717) is 0 Å². The van der Waals surface area contributed by atoms with Gasteiger partial charge in [0.15, 0.2) is 6.29 Å². The Balaban J connectivity index is 2.41. The molecule has 1 heterocycles. The summed E-state index contributed by atoms with van der Waals surface area (Å²) in [6, 6.07) is 6.80. The van der Waals surface area contributed by atoms with Crippen LogP contribution in [0, 0.1) is 0 Å². The Morgan fingerprint density at radius 1 is 1.14 bits per heavy atom. The number of phenolic OH excluding ortho intramolecular Hbond substituents is 1. The van der Waals surface area contributed by atoms with E-state index in [1.165, 1.54) is 18.2 Å². The van der Waals surface area contributed by atoms with Crippen molar-refractivity contribution in [2.75, 3.05) is 5.75 Å². The molecule has 28 heavy (non-hydrogen) atoms. The van der Waals surface area contributed by atoms with E-state index in [1.54, 1.807) is 0 Å². The monoisotopic (exact) mass is 431 g/mol. The number of aliphatic hydroxyl groups is 2. The number of alkyl halides is 3. The Morgan fingerprint density at radius 2 is 1.86 bits per heavy atom. The number of hydrogen-bond acceptors (Lipinski definition) is 5. The summed E-state index contributed by atoms with van der Waals surface area (Å²) < 4.78 is 39.6. The van der Waals surface area contributed by atoms with Gasteiger partial charge in [-0.3, -0.25) is 4.79 Å². The molecule has 0 aliphatic carbocycles. The quantitative estimate of drug-likeness (QED) is 0.370. The van der Waals surface area contributed by atoms with Gasteiger partial charge in [0, 0.05) is 32.8 Å². The van der Waals surface area contributed by atoms with Crippen molar-refractivity contribution in [2.24, 2.45) is 0 Å². The molecule has 0 saturated heterocycles. The molecule has 148 valence electrons. The molecule has 0 aliphatic rings. The molecule has 0 unspecified atom stereocenters. The predicted octanol–water partition coefficient (Wildman–Crippen LogP) is 3.98. The predicted molar refractivity (Wildman–Crippen MR) is 101 cm³/mol. The Kier molecular flexibility index (Phi) is 5.62. The van der Waals surface area contributed by atoms with Gasteiger partial charge in [-0.05, 0) is 36.4 Å². The fourth-order valence-electron chi connectivity index (χ4n) is 2.72. The fraction of sp³-hybridized carbons (Fsp3) is 0.167. The number of nitrogens with one attached hydrogen (secondary N) is 1. The van der Waals surface area contributed by atoms with Gasteiger partial charge in [-0.15, -0.1) is 11.8 Å². The second-order valence-corrected chi connectivity index (χ2v) is 7.34. The van der Waals surface area contributed by atoms with Crippen LogP contribution in [-0.4, -0.2) is 32.3 Å². The van der Waals surface area contributed by atoms with Gasteiger partial charge in [-0.2, -0.15) is 13.2 Å². The second kappa shape index (κ2) is 7.67. The van der Waals surface area contributed by atoms with E-state index >= 15 is 0 Å². The molecular weight excluding hydrogens is 419 g/mol. The summed E-state index contributed by atoms with van der Waals surface area (Å²) in [5.41, 5.74) is -1.38. The number of rotatable bonds is 4. The van der Waals surface area contributed by atoms with Crippen LogP contribution in [-0.2, 0) is 6.18 Å². The van der Waals surface area contributed by atoms with E-state index in [4.69, 9.17) is 21.8 Å². The molecule has 3 aromatic rings. The summed E-state index contributed by atoms with van der Waals surface area (Å²) >= 11 is 6.72. The number of thioether (sulfide) groups is 1. The maximum atomic E-state index is 13.2. The van der Waals surface area contributed by atoms with Crippen molar-refractivity contribution in [3.05, 3.63) is 57.3 Å². The van der Waals surface area contributed by atoms with Crippen molar-refractivity contribution in [3.8, 4) is 16.9 Å². The van der Waals surface area contributed by atoms with Gasteiger partial charge < -0.3 is 20.3 Å². The molecule has 0 aliphatic heterocycles. The molecule has 2 aromatic carbocycles. The smallest absolute Gasteiger partial charge is 0.416 e. The number of aromatic nitrogens is 1. The molecule has 0 spiro atoms. The minimum Gasteiger partial charge on any atom is -0.507 e. The number of aliphatic hydroxyl groups excluding tert-OH is 1. The van der Waals surface area contributed by atoms with Gasteiger partial charge in [0.25, 0.3) is 5.56 Å². The van der Waals surface area contributed by atoms with E-state index in [-0.39, 0.29) is 43.5 Å². The van der Waals surface area contributed by atoms with Crippen LogP contribution in [0.4, 0.5) is 13.2 Å². The van der Waals surface area contributed by atoms with Crippen LogP contribution in [0.5, 0.6) is 5.75 Å². The number of aromatic hydroxyl groups is 1. The van der Waals surface area contributed by atoms with Crippen molar-refractivity contribution in [3.63, 3.8) is 0 Å². The van der Waals surface area contributed by atoms with Gasteiger partial charge in [0.05, 0.1) is 10.5 Å².